The van der Waals surface area contributed by atoms with E-state index in [0.717, 1.165) is 0 Å². The smallest absolute Gasteiger partial charge is 0.341 e. The summed E-state index contributed by atoms with van der Waals surface area (Å²) in [5.74, 6) is -10.9. The second-order valence-electron chi connectivity index (χ2n) is 16.5. The third-order valence-electron chi connectivity index (χ3n) is 14.7. The van der Waals surface area contributed by atoms with E-state index in [1.165, 1.54) is 27.7 Å². The molecule has 264 valence electrons. The molecule has 48 heavy (non-hydrogen) atoms. The van der Waals surface area contributed by atoms with Gasteiger partial charge in [-0.05, 0) is 32.1 Å². The van der Waals surface area contributed by atoms with Crippen LogP contribution in [0.3, 0.4) is 0 Å². The largest absolute Gasteiger partial charge is 0.459 e. The molecule has 0 radical (unpaired) electrons. The fraction of sp³-hybridized carbons (Fsp3) is 0.853. The molecule has 20 atom stereocenters. The minimum atomic E-state index is -2.11. The first-order valence-electron chi connectivity index (χ1n) is 16.9. The van der Waals surface area contributed by atoms with E-state index in [1.54, 1.807) is 20.8 Å². The fourth-order valence-corrected chi connectivity index (χ4v) is 12.9. The van der Waals surface area contributed by atoms with Crippen molar-refractivity contribution in [3.05, 3.63) is 0 Å². The number of aliphatic hydroxyl groups excluding tert-OH is 2. The van der Waals surface area contributed by atoms with Crippen molar-refractivity contribution in [1.82, 2.24) is 0 Å². The van der Waals surface area contributed by atoms with Crippen LogP contribution in [0.1, 0.15) is 61.8 Å². The molecular formula is C34H44O14. The molecule has 0 amide bonds. The maximum Gasteiger partial charge on any atom is 0.341 e. The summed E-state index contributed by atoms with van der Waals surface area (Å²) in [4.78, 5) is 66.2. The number of hydrogen-bond acceptors (Lipinski definition) is 14. The molecule has 8 aliphatic rings. The Morgan fingerprint density at radius 1 is 0.833 bits per heavy atom. The van der Waals surface area contributed by atoms with E-state index in [-0.39, 0.29) is 12.5 Å². The molecule has 14 nitrogen and oxygen atoms in total. The van der Waals surface area contributed by atoms with Crippen molar-refractivity contribution in [3.8, 4) is 0 Å². The second-order valence-corrected chi connectivity index (χ2v) is 16.5. The van der Waals surface area contributed by atoms with Crippen molar-refractivity contribution in [2.45, 2.75) is 122 Å². The number of epoxide rings is 2. The summed E-state index contributed by atoms with van der Waals surface area (Å²) in [7, 11) is 0. The minimum Gasteiger partial charge on any atom is -0.459 e. The molecule has 0 aromatic carbocycles. The fourth-order valence-electron chi connectivity index (χ4n) is 12.9. The lowest BCUT2D eigenvalue weighted by atomic mass is 9.41. The number of Topliss-reactive ketones (excluding diaryl/α,β-unsaturated/α-hetero) is 1. The number of hydrogen-bond donors (Lipinski definition) is 3. The van der Waals surface area contributed by atoms with E-state index < -0.39 is 141 Å². The van der Waals surface area contributed by atoms with E-state index >= 15 is 0 Å². The van der Waals surface area contributed by atoms with Crippen LogP contribution in [0.15, 0.2) is 0 Å². The van der Waals surface area contributed by atoms with Gasteiger partial charge in [0.15, 0.2) is 11.4 Å². The number of rotatable bonds is 3. The van der Waals surface area contributed by atoms with Crippen LogP contribution in [-0.2, 0) is 52.4 Å². The normalized spacial score (nSPS) is 59.6. The zero-order chi connectivity index (χ0) is 35.0. The van der Waals surface area contributed by atoms with Crippen LogP contribution < -0.4 is 0 Å². The van der Waals surface area contributed by atoms with Gasteiger partial charge in [0.2, 0.25) is 5.79 Å². The first-order chi connectivity index (χ1) is 22.2. The van der Waals surface area contributed by atoms with Gasteiger partial charge in [0.1, 0.15) is 36.6 Å². The van der Waals surface area contributed by atoms with Gasteiger partial charge in [0.25, 0.3) is 0 Å². The number of carbonyl (C=O) groups excluding carboxylic acids is 5. The summed E-state index contributed by atoms with van der Waals surface area (Å²) in [5, 5.41) is 36.8. The zero-order valence-corrected chi connectivity index (χ0v) is 28.2. The van der Waals surface area contributed by atoms with Gasteiger partial charge >= 0.3 is 23.9 Å². The van der Waals surface area contributed by atoms with Crippen molar-refractivity contribution in [3.63, 3.8) is 0 Å². The van der Waals surface area contributed by atoms with Gasteiger partial charge < -0.3 is 43.7 Å². The van der Waals surface area contributed by atoms with Gasteiger partial charge in [-0.25, -0.2) is 4.79 Å². The Labute approximate surface area is 277 Å². The molecule has 8 fully saturated rings. The molecule has 0 aromatic rings. The Bertz CT molecular complexity index is 1540. The lowest BCUT2D eigenvalue weighted by Gasteiger charge is -2.65. The predicted octanol–water partition coefficient (Wildman–Crippen LogP) is 0.0530. The Kier molecular flexibility index (Phi) is 6.35. The molecule has 5 saturated carbocycles. The Morgan fingerprint density at radius 3 is 2.04 bits per heavy atom. The molecule has 0 bridgehead atoms. The third kappa shape index (κ3) is 3.39. The number of ether oxygens (including phenoxy) is 6. The topological polar surface area (TPSA) is 208 Å². The summed E-state index contributed by atoms with van der Waals surface area (Å²) in [6, 6.07) is 0. The Morgan fingerprint density at radius 2 is 1.44 bits per heavy atom. The van der Waals surface area contributed by atoms with Crippen LogP contribution in [0.25, 0.3) is 0 Å². The highest BCUT2D eigenvalue weighted by Crippen LogP contribution is 2.80. The summed E-state index contributed by atoms with van der Waals surface area (Å²) in [5.41, 5.74) is -6.23. The summed E-state index contributed by atoms with van der Waals surface area (Å²) >= 11 is 0. The van der Waals surface area contributed by atoms with Gasteiger partial charge in [-0.3, -0.25) is 19.2 Å². The maximum absolute atomic E-state index is 14.4. The maximum atomic E-state index is 14.4. The summed E-state index contributed by atoms with van der Waals surface area (Å²) in [6.45, 7) is 12.1. The number of ketones is 1. The van der Waals surface area contributed by atoms with Crippen molar-refractivity contribution in [1.29, 1.82) is 0 Å². The first kappa shape index (κ1) is 32.5. The zero-order valence-electron chi connectivity index (χ0n) is 28.2. The third-order valence-corrected chi connectivity index (χ3v) is 14.7. The lowest BCUT2D eigenvalue weighted by molar-refractivity contribution is -0.273. The molecule has 3 aliphatic heterocycles. The molecule has 1 spiro atoms. The molecular weight excluding hydrogens is 632 g/mol. The first-order valence-corrected chi connectivity index (χ1v) is 16.9. The van der Waals surface area contributed by atoms with Gasteiger partial charge in [0.05, 0.1) is 17.6 Å². The SMILES string of the molecule is CC(=O)O[C@H]1[C@H]2[C@H]([C@@H]3[C@@H](O)[C@H]4[C@H]([C@H](C)[C@H]5O[C@]56OC(=O)[C@@](C)(O)[C@]46C)[C@@]3(C)[C@H]1OC(C)=O)[C@@H](O)C(=O)[C@H]1C[C@@H]3O[C@@H]3[C@H](OC(C)=O)[C@]21C. The molecule has 14 heteroatoms. The van der Waals surface area contributed by atoms with Crippen molar-refractivity contribution >= 4 is 29.7 Å². The second kappa shape index (κ2) is 9.36. The summed E-state index contributed by atoms with van der Waals surface area (Å²) < 4.78 is 36.1. The van der Waals surface area contributed by atoms with Crippen LogP contribution >= 0.6 is 0 Å². The Balaban J connectivity index is 1.38. The molecule has 5 aliphatic carbocycles. The van der Waals surface area contributed by atoms with Crippen LogP contribution in [-0.4, -0.2) is 105 Å². The quantitative estimate of drug-likeness (QED) is 0.205. The van der Waals surface area contributed by atoms with E-state index in [2.05, 4.69) is 0 Å². The van der Waals surface area contributed by atoms with E-state index in [4.69, 9.17) is 28.4 Å². The number of carbonyl (C=O) groups is 5. The van der Waals surface area contributed by atoms with E-state index in [1.807, 2.05) is 6.92 Å². The number of fused-ring (bicyclic) bond motifs is 9. The molecule has 3 N–H and O–H groups in total. The molecule has 0 aromatic heterocycles. The molecule has 8 rings (SSSR count). The predicted molar refractivity (Wildman–Crippen MR) is 156 cm³/mol. The molecule has 3 heterocycles. The summed E-state index contributed by atoms with van der Waals surface area (Å²) in [6.07, 6.45) is -7.90. The Hall–Kier alpha value is -2.65. The number of aliphatic hydroxyl groups is 3. The highest BCUT2D eigenvalue weighted by Gasteiger charge is 2.93. The van der Waals surface area contributed by atoms with Gasteiger partial charge in [-0.1, -0.05) is 20.8 Å². The van der Waals surface area contributed by atoms with Crippen LogP contribution in [0.2, 0.25) is 0 Å². The average molecular weight is 677 g/mol. The highest BCUT2D eigenvalue weighted by atomic mass is 16.8. The lowest BCUT2D eigenvalue weighted by Crippen LogP contribution is -2.74. The van der Waals surface area contributed by atoms with Gasteiger partial charge in [-0.15, -0.1) is 0 Å². The monoisotopic (exact) mass is 676 g/mol. The van der Waals surface area contributed by atoms with Gasteiger partial charge in [-0.2, -0.15) is 0 Å². The number of esters is 4. The standard InChI is InChI=1S/C34H44O14/c1-10-17-20(32(7)33(8,42)29(41)48-34(32)26(10)47-34)23(40)18-16-19(25(43-11(2)35)28(31(17,18)6)45-13(4)37)30(5)14(21(38)22(16)39)9-15-24(46-15)27(30)44-12(3)36/h10,14-20,22-28,39-40,42H,9H2,1-8H3/t10-,14+,15-,16-,17-,18+,19+,20+,22+,23+,24-,25-,26+,27-,28-,30-,31+,32-,33+,34-/m0/s1. The molecule has 3 saturated heterocycles. The minimum absolute atomic E-state index is 0.234. The average Bonchev–Trinajstić information content (AvgIpc) is 3.88. The van der Waals surface area contributed by atoms with E-state index in [9.17, 15) is 39.3 Å². The van der Waals surface area contributed by atoms with Crippen LogP contribution in [0.4, 0.5) is 0 Å². The van der Waals surface area contributed by atoms with Crippen molar-refractivity contribution in [2.75, 3.05) is 0 Å². The van der Waals surface area contributed by atoms with Crippen molar-refractivity contribution < 1.29 is 67.7 Å². The van der Waals surface area contributed by atoms with Crippen LogP contribution in [0.5, 0.6) is 0 Å². The van der Waals surface area contributed by atoms with Crippen LogP contribution in [0, 0.1) is 57.7 Å². The highest BCUT2D eigenvalue weighted by molar-refractivity contribution is 5.88. The molecule has 0 unspecified atom stereocenters. The van der Waals surface area contributed by atoms with E-state index in [0.29, 0.717) is 0 Å². The van der Waals surface area contributed by atoms with Crippen molar-refractivity contribution in [2.24, 2.45) is 57.7 Å². The van der Waals surface area contributed by atoms with Gasteiger partial charge in [0, 0.05) is 61.2 Å².